The quantitative estimate of drug-likeness (QED) is 0.206. The van der Waals surface area contributed by atoms with E-state index in [-0.39, 0.29) is 21.1 Å². The first-order valence-electron chi connectivity index (χ1n) is 8.67. The van der Waals surface area contributed by atoms with Crippen LogP contribution in [0.4, 0.5) is 0 Å². The Labute approximate surface area is 197 Å². The van der Waals surface area contributed by atoms with Crippen LogP contribution in [0, 0.1) is 42.9 Å². The maximum atomic E-state index is 7.50. The fourth-order valence-electron chi connectivity index (χ4n) is 2.74. The van der Waals surface area contributed by atoms with Crippen molar-refractivity contribution in [1.82, 2.24) is 0 Å². The Hall–Kier alpha value is -0.885. The number of hydrogen-bond donors (Lipinski definition) is 0. The van der Waals surface area contributed by atoms with Crippen molar-refractivity contribution in [3.63, 3.8) is 0 Å². The molecule has 0 amide bonds. The smallest absolute Gasteiger partial charge is 0 e. The molecule has 2 nitrogen and oxygen atoms in total. The van der Waals surface area contributed by atoms with Crippen molar-refractivity contribution in [2.24, 2.45) is 0 Å². The van der Waals surface area contributed by atoms with E-state index >= 15 is 0 Å². The van der Waals surface area contributed by atoms with Crippen molar-refractivity contribution in [1.29, 1.82) is 0 Å². The number of rotatable bonds is 2. The van der Waals surface area contributed by atoms with Gasteiger partial charge in [-0.15, -0.1) is 0 Å². The first kappa shape index (κ1) is 30.3. The Bertz CT molecular complexity index is 603. The van der Waals surface area contributed by atoms with Gasteiger partial charge in [-0.1, -0.05) is 95.3 Å². The third-order valence-electron chi connectivity index (χ3n) is 4.87. The summed E-state index contributed by atoms with van der Waals surface area (Å²) in [5.41, 5.74) is 0. The molecule has 150 valence electrons. The molecular weight excluding hydrogens is 568 g/mol. The monoisotopic (exact) mass is 592 g/mol. The first-order chi connectivity index (χ1) is 13.4. The molecule has 1 saturated carbocycles. The second-order valence-electron chi connectivity index (χ2n) is 6.17. The summed E-state index contributed by atoms with van der Waals surface area (Å²) in [6.45, 7) is 20.0. The van der Waals surface area contributed by atoms with Gasteiger partial charge in [0.2, 0.25) is 8.11 Å². The summed E-state index contributed by atoms with van der Waals surface area (Å²) in [6, 6.07) is 20.5. The molecule has 0 unspecified atom stereocenters. The second kappa shape index (κ2) is 16.9. The summed E-state index contributed by atoms with van der Waals surface area (Å²) >= 11 is 6.43. The van der Waals surface area contributed by atoms with E-state index in [2.05, 4.69) is 72.2 Å². The number of benzene rings is 2. The summed E-state index contributed by atoms with van der Waals surface area (Å²) in [6.07, 6.45) is 0. The summed E-state index contributed by atoms with van der Waals surface area (Å²) in [5, 5.41) is 2.48. The Morgan fingerprint density at radius 2 is 0.759 bits per heavy atom. The second-order valence-corrected chi connectivity index (χ2v) is 9.09. The number of halogens is 1. The molecule has 2 aromatic rings. The van der Waals surface area contributed by atoms with Crippen LogP contribution in [0.3, 0.4) is 0 Å². The largest absolute Gasteiger partial charge is 0 e. The molecule has 0 atom stereocenters. The zero-order valence-electron chi connectivity index (χ0n) is 17.4. The minimum absolute atomic E-state index is 0. The van der Waals surface area contributed by atoms with E-state index in [9.17, 15) is 0 Å². The van der Waals surface area contributed by atoms with Crippen LogP contribution in [0.25, 0.3) is 0 Å². The van der Waals surface area contributed by atoms with Crippen molar-refractivity contribution in [3.8, 4) is 0 Å². The van der Waals surface area contributed by atoms with E-state index in [0.29, 0.717) is 0 Å². The van der Waals surface area contributed by atoms with Crippen LogP contribution >= 0.6 is 11.1 Å². The minimum Gasteiger partial charge on any atom is 0 e. The van der Waals surface area contributed by atoms with Gasteiger partial charge in [-0.3, -0.25) is 0 Å². The molecule has 3 rings (SSSR count). The van der Waals surface area contributed by atoms with Crippen molar-refractivity contribution in [3.05, 3.63) is 104 Å². The molecular formula is C24H25ClO2SiW. The van der Waals surface area contributed by atoms with E-state index < -0.39 is 8.11 Å². The average Bonchev–Trinajstić information content (AvgIpc) is 2.95. The van der Waals surface area contributed by atoms with Gasteiger partial charge in [-0.05, 0) is 40.0 Å². The fourth-order valence-corrected chi connectivity index (χ4v) is 4.80. The Morgan fingerprint density at radius 1 is 0.552 bits per heavy atom. The topological polar surface area (TPSA) is 39.8 Å². The molecule has 0 bridgehead atoms. The standard InChI is InChI=1S/C12H10ClSi.C10H15.2CO.W/c13-14(11-7-3-1-4-8-11)12-9-5-2-6-10-12;1-6-7(2)9(4)10(5)8(6)3;2*1-2;/h1-10H;1-5H3;;;. The molecule has 0 spiro atoms. The Morgan fingerprint density at radius 3 is 0.966 bits per heavy atom. The fraction of sp³-hybridized carbons (Fsp3) is 0.208. The molecule has 0 aliphatic heterocycles. The van der Waals surface area contributed by atoms with Gasteiger partial charge in [-0.25, -0.2) is 0 Å². The third-order valence-corrected chi connectivity index (χ3v) is 7.86. The van der Waals surface area contributed by atoms with Crippen LogP contribution in [0.1, 0.15) is 34.6 Å². The predicted octanol–water partition coefficient (Wildman–Crippen LogP) is 4.93. The summed E-state index contributed by atoms with van der Waals surface area (Å²) in [4.78, 5) is 0. The van der Waals surface area contributed by atoms with Crippen LogP contribution in [0.2, 0.25) is 0 Å². The molecule has 0 saturated heterocycles. The predicted molar refractivity (Wildman–Crippen MR) is 116 cm³/mol. The van der Waals surface area contributed by atoms with Crippen molar-refractivity contribution < 1.29 is 30.4 Å². The Kier molecular flexibility index (Phi) is 17.6. The van der Waals surface area contributed by atoms with E-state index in [1.54, 1.807) is 0 Å². The molecule has 6 radical (unpaired) electrons. The average molecular weight is 593 g/mol. The maximum absolute atomic E-state index is 7.50. The SMILES string of the molecule is C[C]1[C](C)[C](C)[C](C)[C]1C.Cl[Si](c1ccccc1)c1ccccc1.[C-]#[O+].[C-]#[O+].[W]. The number of hydrogen-bond acceptors (Lipinski definition) is 0. The minimum atomic E-state index is -1.07. The van der Waals surface area contributed by atoms with Crippen molar-refractivity contribution in [2.75, 3.05) is 0 Å². The summed E-state index contributed by atoms with van der Waals surface area (Å²) < 4.78 is 15.0. The van der Waals surface area contributed by atoms with Crippen LogP contribution in [-0.2, 0) is 30.4 Å². The van der Waals surface area contributed by atoms with Gasteiger partial charge in [0, 0.05) is 21.1 Å². The van der Waals surface area contributed by atoms with Gasteiger partial charge < -0.3 is 0 Å². The molecule has 1 aliphatic rings. The molecule has 5 heteroatoms. The first-order valence-corrected chi connectivity index (χ1v) is 11.2. The molecule has 29 heavy (non-hydrogen) atoms. The zero-order valence-corrected chi connectivity index (χ0v) is 22.1. The van der Waals surface area contributed by atoms with Gasteiger partial charge in [-0.2, -0.15) is 11.1 Å². The summed E-state index contributed by atoms with van der Waals surface area (Å²) in [7, 11) is -1.07. The van der Waals surface area contributed by atoms with Gasteiger partial charge in [0.05, 0.1) is 0 Å². The van der Waals surface area contributed by atoms with Crippen LogP contribution < -0.4 is 10.4 Å². The zero-order chi connectivity index (χ0) is 21.7. The molecule has 0 N–H and O–H groups in total. The maximum Gasteiger partial charge on any atom is 0 e. The molecule has 0 heterocycles. The third kappa shape index (κ3) is 9.20. The van der Waals surface area contributed by atoms with Crippen LogP contribution in [0.15, 0.2) is 60.7 Å². The summed E-state index contributed by atoms with van der Waals surface area (Å²) in [5.74, 6) is 7.34. The van der Waals surface area contributed by atoms with E-state index in [0.717, 1.165) is 0 Å². The van der Waals surface area contributed by atoms with E-state index in [1.807, 2.05) is 36.4 Å². The van der Waals surface area contributed by atoms with Gasteiger partial charge >= 0.3 is 22.6 Å². The van der Waals surface area contributed by atoms with Gasteiger partial charge in [0.15, 0.2) is 0 Å². The van der Waals surface area contributed by atoms with E-state index in [1.165, 1.54) is 40.0 Å². The molecule has 0 aromatic heterocycles. The van der Waals surface area contributed by atoms with Gasteiger partial charge in [0.1, 0.15) is 0 Å². The normalized spacial score (nSPS) is 15.0. The molecule has 1 fully saturated rings. The Balaban J connectivity index is 0. The van der Waals surface area contributed by atoms with Crippen LogP contribution in [-0.4, -0.2) is 8.11 Å². The van der Waals surface area contributed by atoms with Crippen molar-refractivity contribution in [2.45, 2.75) is 34.6 Å². The molecule has 1 aliphatic carbocycles. The van der Waals surface area contributed by atoms with Gasteiger partial charge in [0.25, 0.3) is 0 Å². The molecule has 2 aromatic carbocycles. The van der Waals surface area contributed by atoms with Crippen molar-refractivity contribution >= 4 is 29.6 Å². The van der Waals surface area contributed by atoms with Crippen LogP contribution in [0.5, 0.6) is 0 Å². The van der Waals surface area contributed by atoms with E-state index in [4.69, 9.17) is 20.4 Å².